The van der Waals surface area contributed by atoms with Crippen molar-refractivity contribution < 1.29 is 14.3 Å². The fourth-order valence-corrected chi connectivity index (χ4v) is 6.16. The molecular formula is C31H30BrIN4O4. The SMILES string of the molecule is COc1cc(C=Nn2c(C3CCCCC3)nc3ccc(Br)cc3c2=O)cc(I)c1OCC(=O)Nc1ccccc1C. The number of aryl methyl sites for hydroxylation is 1. The normalized spacial score (nSPS) is 14.0. The van der Waals surface area contributed by atoms with E-state index < -0.39 is 0 Å². The number of carbonyl (C=O) groups excluding carboxylic acids is 1. The molecule has 0 bridgehead atoms. The van der Waals surface area contributed by atoms with E-state index in [9.17, 15) is 9.59 Å². The van der Waals surface area contributed by atoms with Crippen molar-refractivity contribution in [2.24, 2.45) is 5.10 Å². The van der Waals surface area contributed by atoms with Crippen LogP contribution in [0.2, 0.25) is 0 Å². The number of ether oxygens (including phenoxy) is 2. The Morgan fingerprint density at radius 3 is 2.71 bits per heavy atom. The fraction of sp³-hybridized carbons (Fsp3) is 0.290. The van der Waals surface area contributed by atoms with E-state index in [1.165, 1.54) is 11.1 Å². The number of nitrogens with one attached hydrogen (secondary N) is 1. The summed E-state index contributed by atoms with van der Waals surface area (Å²) in [4.78, 5) is 31.1. The van der Waals surface area contributed by atoms with E-state index in [-0.39, 0.29) is 24.0 Å². The number of nitrogens with zero attached hydrogens (tertiary/aromatic N) is 3. The van der Waals surface area contributed by atoms with Gasteiger partial charge in [-0.25, -0.2) is 4.98 Å². The van der Waals surface area contributed by atoms with Crippen LogP contribution in [0.1, 0.15) is 55.0 Å². The molecule has 1 aliphatic carbocycles. The second-order valence-corrected chi connectivity index (χ2v) is 12.1. The fourth-order valence-electron chi connectivity index (χ4n) is 5.02. The average Bonchev–Trinajstić information content (AvgIpc) is 2.97. The van der Waals surface area contributed by atoms with Gasteiger partial charge in [0.1, 0.15) is 5.82 Å². The summed E-state index contributed by atoms with van der Waals surface area (Å²) < 4.78 is 14.5. The minimum absolute atomic E-state index is 0.174. The second-order valence-electron chi connectivity index (χ2n) is 10.0. The number of hydrogen-bond donors (Lipinski definition) is 1. The summed E-state index contributed by atoms with van der Waals surface area (Å²) in [5, 5.41) is 8.03. The lowest BCUT2D eigenvalue weighted by molar-refractivity contribution is -0.118. The van der Waals surface area contributed by atoms with Gasteiger partial charge in [0.15, 0.2) is 18.1 Å². The maximum atomic E-state index is 13.6. The monoisotopic (exact) mass is 728 g/mol. The third kappa shape index (κ3) is 6.81. The van der Waals surface area contributed by atoms with Crippen LogP contribution in [-0.4, -0.2) is 35.5 Å². The average molecular weight is 729 g/mol. The van der Waals surface area contributed by atoms with E-state index in [4.69, 9.17) is 14.5 Å². The molecule has 0 radical (unpaired) electrons. The Morgan fingerprint density at radius 1 is 1.17 bits per heavy atom. The van der Waals surface area contributed by atoms with Crippen molar-refractivity contribution in [3.05, 3.63) is 89.9 Å². The van der Waals surface area contributed by atoms with Gasteiger partial charge in [0.2, 0.25) is 0 Å². The number of carbonyl (C=O) groups is 1. The Hall–Kier alpha value is -3.25. The van der Waals surface area contributed by atoms with Gasteiger partial charge in [-0.2, -0.15) is 9.78 Å². The molecular weight excluding hydrogens is 699 g/mol. The lowest BCUT2D eigenvalue weighted by Crippen LogP contribution is -2.25. The van der Waals surface area contributed by atoms with E-state index in [0.717, 1.165) is 50.5 Å². The third-order valence-corrected chi connectivity index (χ3v) is 8.44. The van der Waals surface area contributed by atoms with Crippen molar-refractivity contribution in [3.8, 4) is 11.5 Å². The molecule has 1 heterocycles. The zero-order valence-corrected chi connectivity index (χ0v) is 26.6. The van der Waals surface area contributed by atoms with Gasteiger partial charge in [-0.05, 0) is 89.9 Å². The van der Waals surface area contributed by atoms with Crippen LogP contribution in [0.15, 0.2) is 69.0 Å². The molecule has 1 fully saturated rings. The second kappa shape index (κ2) is 13.2. The van der Waals surface area contributed by atoms with E-state index in [1.54, 1.807) is 25.5 Å². The number of rotatable bonds is 8. The van der Waals surface area contributed by atoms with Crippen molar-refractivity contribution >= 4 is 67.2 Å². The standard InChI is InChI=1S/C31H30BrIN4O4/c1-19-8-6-7-11-25(19)35-28(38)18-41-29-24(33)14-20(15-27(29)40-2)17-34-37-30(21-9-4-3-5-10-21)36-26-13-12-22(32)16-23(26)31(37)39/h6-8,11-17,21H,3-5,9-10,18H2,1-2H3,(H,35,38). The molecule has 5 rings (SSSR count). The molecule has 10 heteroatoms. The number of amides is 1. The minimum Gasteiger partial charge on any atom is -0.493 e. The first kappa shape index (κ1) is 29.2. The molecule has 3 aromatic carbocycles. The van der Waals surface area contributed by atoms with Crippen LogP contribution in [0, 0.1) is 10.5 Å². The number of hydrogen-bond acceptors (Lipinski definition) is 6. The number of methoxy groups -OCH3 is 1. The van der Waals surface area contributed by atoms with Crippen LogP contribution in [0.4, 0.5) is 5.69 Å². The van der Waals surface area contributed by atoms with Crippen molar-refractivity contribution in [2.45, 2.75) is 44.9 Å². The van der Waals surface area contributed by atoms with E-state index in [1.807, 2.05) is 49.4 Å². The Balaban J connectivity index is 1.42. The Bertz CT molecular complexity index is 1680. The third-order valence-electron chi connectivity index (χ3n) is 7.14. The van der Waals surface area contributed by atoms with Gasteiger partial charge in [0.25, 0.3) is 11.5 Å². The summed E-state index contributed by atoms with van der Waals surface area (Å²) in [6.07, 6.45) is 7.03. The van der Waals surface area contributed by atoms with Gasteiger partial charge in [0, 0.05) is 16.1 Å². The molecule has 212 valence electrons. The Morgan fingerprint density at radius 2 is 1.95 bits per heavy atom. The predicted molar refractivity (Wildman–Crippen MR) is 174 cm³/mol. The summed E-state index contributed by atoms with van der Waals surface area (Å²) in [6.45, 7) is 1.76. The minimum atomic E-state index is -0.271. The molecule has 1 amide bonds. The Kier molecular flexibility index (Phi) is 9.39. The molecule has 0 spiro atoms. The molecule has 0 atom stereocenters. The van der Waals surface area contributed by atoms with Gasteiger partial charge < -0.3 is 14.8 Å². The summed E-state index contributed by atoms with van der Waals surface area (Å²) in [5.41, 5.74) is 2.91. The van der Waals surface area contributed by atoms with Crippen molar-refractivity contribution in [3.63, 3.8) is 0 Å². The van der Waals surface area contributed by atoms with E-state index in [2.05, 4.69) is 48.9 Å². The number of halogens is 2. The lowest BCUT2D eigenvalue weighted by atomic mass is 9.88. The van der Waals surface area contributed by atoms with Gasteiger partial charge >= 0.3 is 0 Å². The maximum absolute atomic E-state index is 13.6. The highest BCUT2D eigenvalue weighted by molar-refractivity contribution is 14.1. The molecule has 1 saturated carbocycles. The van der Waals surface area contributed by atoms with Crippen LogP contribution in [0.25, 0.3) is 10.9 Å². The zero-order chi connectivity index (χ0) is 28.9. The molecule has 41 heavy (non-hydrogen) atoms. The van der Waals surface area contributed by atoms with Crippen molar-refractivity contribution in [1.29, 1.82) is 0 Å². The van der Waals surface area contributed by atoms with Crippen molar-refractivity contribution in [1.82, 2.24) is 9.66 Å². The Labute approximate surface area is 260 Å². The van der Waals surface area contributed by atoms with Crippen LogP contribution in [0.3, 0.4) is 0 Å². The quantitative estimate of drug-likeness (QED) is 0.155. The van der Waals surface area contributed by atoms with Crippen LogP contribution >= 0.6 is 38.5 Å². The highest BCUT2D eigenvalue weighted by atomic mass is 127. The number of anilines is 1. The lowest BCUT2D eigenvalue weighted by Gasteiger charge is -2.22. The van der Waals surface area contributed by atoms with Crippen molar-refractivity contribution in [2.75, 3.05) is 19.0 Å². The largest absolute Gasteiger partial charge is 0.493 e. The molecule has 1 aliphatic rings. The van der Waals surface area contributed by atoms with Gasteiger partial charge in [0.05, 0.1) is 27.8 Å². The van der Waals surface area contributed by atoms with Gasteiger partial charge in [-0.15, -0.1) is 0 Å². The summed E-state index contributed by atoms with van der Waals surface area (Å²) in [5.74, 6) is 1.53. The molecule has 0 unspecified atom stereocenters. The smallest absolute Gasteiger partial charge is 0.282 e. The first-order valence-corrected chi connectivity index (χ1v) is 15.3. The van der Waals surface area contributed by atoms with Gasteiger partial charge in [-0.3, -0.25) is 9.59 Å². The van der Waals surface area contributed by atoms with E-state index >= 15 is 0 Å². The van der Waals surface area contributed by atoms with Crippen LogP contribution < -0.4 is 20.3 Å². The summed E-state index contributed by atoms with van der Waals surface area (Å²) >= 11 is 5.61. The molecule has 0 aliphatic heterocycles. The van der Waals surface area contributed by atoms with Crippen LogP contribution in [0.5, 0.6) is 11.5 Å². The summed E-state index contributed by atoms with van der Waals surface area (Å²) in [6, 6.07) is 16.8. The first-order valence-electron chi connectivity index (χ1n) is 13.5. The zero-order valence-electron chi connectivity index (χ0n) is 22.8. The van der Waals surface area contributed by atoms with Crippen LogP contribution in [-0.2, 0) is 4.79 Å². The number of benzene rings is 3. The van der Waals surface area contributed by atoms with E-state index in [0.29, 0.717) is 28.2 Å². The molecule has 1 N–H and O–H groups in total. The van der Waals surface area contributed by atoms with Gasteiger partial charge in [-0.1, -0.05) is 53.4 Å². The topological polar surface area (TPSA) is 94.8 Å². The number of para-hydroxylation sites is 1. The predicted octanol–water partition coefficient (Wildman–Crippen LogP) is 7.03. The molecule has 4 aromatic rings. The molecule has 1 aromatic heterocycles. The number of aromatic nitrogens is 2. The highest BCUT2D eigenvalue weighted by Crippen LogP contribution is 2.34. The summed E-state index contributed by atoms with van der Waals surface area (Å²) in [7, 11) is 1.55. The molecule has 0 saturated heterocycles. The number of fused-ring (bicyclic) bond motifs is 1. The molecule has 8 nitrogen and oxygen atoms in total. The first-order chi connectivity index (χ1) is 19.8. The highest BCUT2D eigenvalue weighted by Gasteiger charge is 2.23. The maximum Gasteiger partial charge on any atom is 0.282 e.